The minimum atomic E-state index is -0.297. The summed E-state index contributed by atoms with van der Waals surface area (Å²) >= 11 is 1.46. The van der Waals surface area contributed by atoms with Crippen molar-refractivity contribution >= 4 is 34.4 Å². The first-order valence-electron chi connectivity index (χ1n) is 10.3. The zero-order valence-electron chi connectivity index (χ0n) is 18.2. The second-order valence-electron chi connectivity index (χ2n) is 8.86. The molecule has 4 nitrogen and oxygen atoms in total. The van der Waals surface area contributed by atoms with Crippen LogP contribution in [0, 0.1) is 6.92 Å². The summed E-state index contributed by atoms with van der Waals surface area (Å²) in [5, 5.41) is 5.15. The molecule has 4 rings (SSSR count). The van der Waals surface area contributed by atoms with Gasteiger partial charge >= 0.3 is 0 Å². The first-order chi connectivity index (χ1) is 14.7. The van der Waals surface area contributed by atoms with Crippen LogP contribution in [0.3, 0.4) is 0 Å². The predicted molar refractivity (Wildman–Crippen MR) is 127 cm³/mol. The van der Waals surface area contributed by atoms with Crippen molar-refractivity contribution in [3.63, 3.8) is 0 Å². The highest BCUT2D eigenvalue weighted by atomic mass is 32.1. The van der Waals surface area contributed by atoms with E-state index in [0.717, 1.165) is 21.7 Å². The summed E-state index contributed by atoms with van der Waals surface area (Å²) in [6.45, 7) is 8.75. The summed E-state index contributed by atoms with van der Waals surface area (Å²) in [4.78, 5) is 28.7. The molecule has 0 bridgehead atoms. The van der Waals surface area contributed by atoms with Crippen LogP contribution in [-0.2, 0) is 21.5 Å². The smallest absolute Gasteiger partial charge is 0.278 e. The van der Waals surface area contributed by atoms with Crippen molar-refractivity contribution in [1.82, 2.24) is 4.90 Å². The average molecular weight is 431 g/mol. The Hall–Kier alpha value is -3.18. The van der Waals surface area contributed by atoms with E-state index in [-0.39, 0.29) is 23.8 Å². The third kappa shape index (κ3) is 4.32. The number of imide groups is 1. The number of nitrogens with one attached hydrogen (secondary N) is 1. The quantitative estimate of drug-likeness (QED) is 0.525. The zero-order chi connectivity index (χ0) is 22.2. The Morgan fingerprint density at radius 1 is 0.903 bits per heavy atom. The maximum absolute atomic E-state index is 13.3. The summed E-state index contributed by atoms with van der Waals surface area (Å²) in [6.07, 6.45) is 0. The van der Waals surface area contributed by atoms with Crippen molar-refractivity contribution in [1.29, 1.82) is 0 Å². The summed E-state index contributed by atoms with van der Waals surface area (Å²) in [5.74, 6) is -0.560. The second kappa shape index (κ2) is 8.16. The molecule has 2 aromatic carbocycles. The van der Waals surface area contributed by atoms with Crippen molar-refractivity contribution in [3.8, 4) is 0 Å². The third-order valence-electron chi connectivity index (χ3n) is 5.42. The summed E-state index contributed by atoms with van der Waals surface area (Å²) in [5.41, 5.74) is 4.88. The van der Waals surface area contributed by atoms with E-state index in [1.807, 2.05) is 60.8 Å². The van der Waals surface area contributed by atoms with Gasteiger partial charge in [0.2, 0.25) is 0 Å². The molecule has 158 valence electrons. The molecule has 0 unspecified atom stereocenters. The molecule has 31 heavy (non-hydrogen) atoms. The Kier molecular flexibility index (Phi) is 5.54. The van der Waals surface area contributed by atoms with Gasteiger partial charge in [0.25, 0.3) is 11.8 Å². The fraction of sp³-hybridized carbons (Fsp3) is 0.231. The monoisotopic (exact) mass is 430 g/mol. The van der Waals surface area contributed by atoms with E-state index in [1.165, 1.54) is 21.8 Å². The lowest BCUT2D eigenvalue weighted by molar-refractivity contribution is -0.137. The van der Waals surface area contributed by atoms with Gasteiger partial charge in [0, 0.05) is 10.6 Å². The topological polar surface area (TPSA) is 49.4 Å². The molecule has 1 aliphatic heterocycles. The van der Waals surface area contributed by atoms with Gasteiger partial charge in [-0.05, 0) is 47.0 Å². The van der Waals surface area contributed by atoms with Crippen molar-refractivity contribution in [2.24, 2.45) is 0 Å². The van der Waals surface area contributed by atoms with Gasteiger partial charge in [0.05, 0.1) is 12.1 Å². The Morgan fingerprint density at radius 3 is 2.16 bits per heavy atom. The standard InChI is InChI=1S/C26H26N2O2S/c1-17-7-9-18(10-8-17)16-28-24(29)22(21-6-5-15-31-21)23(25(28)30)27-20-13-11-19(12-14-20)26(2,3)4/h5-15,27H,16H2,1-4H3. The fourth-order valence-electron chi connectivity index (χ4n) is 3.56. The summed E-state index contributed by atoms with van der Waals surface area (Å²) in [7, 11) is 0. The van der Waals surface area contributed by atoms with Crippen LogP contribution in [0.15, 0.2) is 71.7 Å². The number of nitrogens with zero attached hydrogens (tertiary/aromatic N) is 1. The Labute approximate surface area is 187 Å². The molecule has 1 aliphatic rings. The molecule has 0 atom stereocenters. The molecule has 2 amide bonds. The maximum Gasteiger partial charge on any atom is 0.278 e. The molecule has 1 aromatic heterocycles. The van der Waals surface area contributed by atoms with Crippen LogP contribution in [0.1, 0.15) is 42.3 Å². The number of rotatable bonds is 5. The highest BCUT2D eigenvalue weighted by Gasteiger charge is 2.39. The SMILES string of the molecule is Cc1ccc(CN2C(=O)C(Nc3ccc(C(C)(C)C)cc3)=C(c3cccs3)C2=O)cc1. The van der Waals surface area contributed by atoms with Crippen LogP contribution in [0.4, 0.5) is 5.69 Å². The third-order valence-corrected chi connectivity index (χ3v) is 6.30. The van der Waals surface area contributed by atoms with E-state index in [4.69, 9.17) is 0 Å². The number of carbonyl (C=O) groups is 2. The molecule has 2 heterocycles. The van der Waals surface area contributed by atoms with Crippen LogP contribution >= 0.6 is 11.3 Å². The maximum atomic E-state index is 13.3. The van der Waals surface area contributed by atoms with Crippen LogP contribution in [0.2, 0.25) is 0 Å². The molecule has 3 aromatic rings. The minimum Gasteiger partial charge on any atom is -0.350 e. The predicted octanol–water partition coefficient (Wildman–Crippen LogP) is 5.75. The average Bonchev–Trinajstić information content (AvgIpc) is 3.33. The van der Waals surface area contributed by atoms with Crippen LogP contribution in [0.5, 0.6) is 0 Å². The van der Waals surface area contributed by atoms with E-state index in [0.29, 0.717) is 11.3 Å². The number of benzene rings is 2. The van der Waals surface area contributed by atoms with Crippen LogP contribution < -0.4 is 5.32 Å². The van der Waals surface area contributed by atoms with E-state index in [9.17, 15) is 9.59 Å². The van der Waals surface area contributed by atoms with Crippen LogP contribution in [-0.4, -0.2) is 16.7 Å². The molecular weight excluding hydrogens is 404 g/mol. The Balaban J connectivity index is 1.66. The minimum absolute atomic E-state index is 0.0455. The van der Waals surface area contributed by atoms with Gasteiger partial charge < -0.3 is 5.32 Å². The lowest BCUT2D eigenvalue weighted by atomic mass is 9.87. The van der Waals surface area contributed by atoms with E-state index in [2.05, 4.69) is 38.2 Å². The van der Waals surface area contributed by atoms with E-state index in [1.54, 1.807) is 0 Å². The van der Waals surface area contributed by atoms with Gasteiger partial charge in [0.15, 0.2) is 0 Å². The normalized spacial score (nSPS) is 14.5. The first-order valence-corrected chi connectivity index (χ1v) is 11.2. The van der Waals surface area contributed by atoms with E-state index < -0.39 is 0 Å². The molecule has 0 radical (unpaired) electrons. The first kappa shape index (κ1) is 21.1. The van der Waals surface area contributed by atoms with Crippen molar-refractivity contribution < 1.29 is 9.59 Å². The van der Waals surface area contributed by atoms with Crippen molar-refractivity contribution in [2.45, 2.75) is 39.7 Å². The van der Waals surface area contributed by atoms with Gasteiger partial charge in [0.1, 0.15) is 5.70 Å². The molecule has 5 heteroatoms. The van der Waals surface area contributed by atoms with Gasteiger partial charge in [-0.3, -0.25) is 14.5 Å². The number of amides is 2. The van der Waals surface area contributed by atoms with Gasteiger partial charge in [-0.2, -0.15) is 0 Å². The molecule has 1 N–H and O–H groups in total. The highest BCUT2D eigenvalue weighted by molar-refractivity contribution is 7.11. The number of thiophene rings is 1. The molecule has 0 fully saturated rings. The zero-order valence-corrected chi connectivity index (χ0v) is 19.0. The Morgan fingerprint density at radius 2 is 1.58 bits per heavy atom. The fourth-order valence-corrected chi connectivity index (χ4v) is 4.33. The molecule has 0 aliphatic carbocycles. The molecule has 0 spiro atoms. The van der Waals surface area contributed by atoms with Gasteiger partial charge in [-0.1, -0.05) is 68.8 Å². The molecular formula is C26H26N2O2S. The number of hydrogen-bond acceptors (Lipinski definition) is 4. The summed E-state index contributed by atoms with van der Waals surface area (Å²) < 4.78 is 0. The number of carbonyl (C=O) groups excluding carboxylic acids is 2. The van der Waals surface area contributed by atoms with E-state index >= 15 is 0 Å². The van der Waals surface area contributed by atoms with Crippen molar-refractivity contribution in [3.05, 3.63) is 93.3 Å². The number of aryl methyl sites for hydroxylation is 1. The molecule has 0 saturated heterocycles. The van der Waals surface area contributed by atoms with Gasteiger partial charge in [-0.25, -0.2) is 0 Å². The summed E-state index contributed by atoms with van der Waals surface area (Å²) in [6, 6.07) is 19.7. The second-order valence-corrected chi connectivity index (χ2v) is 9.81. The number of hydrogen-bond donors (Lipinski definition) is 1. The van der Waals surface area contributed by atoms with Crippen LogP contribution in [0.25, 0.3) is 5.57 Å². The van der Waals surface area contributed by atoms with Crippen molar-refractivity contribution in [2.75, 3.05) is 5.32 Å². The largest absolute Gasteiger partial charge is 0.350 e. The van der Waals surface area contributed by atoms with Gasteiger partial charge in [-0.15, -0.1) is 11.3 Å². The highest BCUT2D eigenvalue weighted by Crippen LogP contribution is 2.34. The lowest BCUT2D eigenvalue weighted by Gasteiger charge is -2.19. The number of anilines is 1. The Bertz CT molecular complexity index is 1140. The molecule has 0 saturated carbocycles. The lowest BCUT2D eigenvalue weighted by Crippen LogP contribution is -2.31.